The van der Waals surface area contributed by atoms with Crippen molar-refractivity contribution >= 4 is 5.91 Å². The zero-order valence-corrected chi connectivity index (χ0v) is 21.5. The van der Waals surface area contributed by atoms with Crippen LogP contribution in [0.25, 0.3) is 0 Å². The molecule has 9 N–H and O–H groups in total. The molecule has 1 aromatic heterocycles. The number of nitrogens with zero attached hydrogens (tertiary/aromatic N) is 1. The lowest BCUT2D eigenvalue weighted by atomic mass is 9.98. The fourth-order valence-electron chi connectivity index (χ4n) is 3.98. The first-order valence-corrected chi connectivity index (χ1v) is 12.6. The number of aliphatic hydroxyl groups is 5. The molecular formula is C25H38N4O9. The molecular weight excluding hydrogens is 500 g/mol. The van der Waals surface area contributed by atoms with Crippen molar-refractivity contribution in [1.29, 1.82) is 0 Å². The summed E-state index contributed by atoms with van der Waals surface area (Å²) in [6.07, 6.45) is -6.01. The van der Waals surface area contributed by atoms with Crippen molar-refractivity contribution in [1.82, 2.24) is 15.5 Å². The number of carbonyl (C=O) groups is 1. The van der Waals surface area contributed by atoms with Crippen LogP contribution in [0.5, 0.6) is 11.6 Å². The summed E-state index contributed by atoms with van der Waals surface area (Å²) in [6.45, 7) is 3.77. The van der Waals surface area contributed by atoms with Gasteiger partial charge in [0.15, 0.2) is 0 Å². The Balaban J connectivity index is 1.61. The van der Waals surface area contributed by atoms with Crippen molar-refractivity contribution in [2.45, 2.75) is 69.4 Å². The number of amides is 1. The van der Waals surface area contributed by atoms with Crippen LogP contribution in [0.4, 0.5) is 0 Å². The second kappa shape index (κ2) is 13.8. The summed E-state index contributed by atoms with van der Waals surface area (Å²) in [5.74, 6) is 0.508. The zero-order valence-electron chi connectivity index (χ0n) is 21.5. The summed E-state index contributed by atoms with van der Waals surface area (Å²) >= 11 is 0. The maximum atomic E-state index is 11.5. The predicted octanol–water partition coefficient (Wildman–Crippen LogP) is -1.49. The number of H-pyrrole nitrogens is 1. The average Bonchev–Trinajstić information content (AvgIpc) is 3.31. The molecule has 1 aromatic carbocycles. The molecule has 1 fully saturated rings. The summed E-state index contributed by atoms with van der Waals surface area (Å²) in [7, 11) is 0. The fourth-order valence-corrected chi connectivity index (χ4v) is 3.98. The summed E-state index contributed by atoms with van der Waals surface area (Å²) in [4.78, 5) is 11.5. The Morgan fingerprint density at radius 2 is 1.87 bits per heavy atom. The highest BCUT2D eigenvalue weighted by Gasteiger charge is 2.45. The lowest BCUT2D eigenvalue weighted by Crippen LogP contribution is -2.60. The van der Waals surface area contributed by atoms with Crippen molar-refractivity contribution in [2.75, 3.05) is 26.4 Å². The van der Waals surface area contributed by atoms with Crippen LogP contribution in [0, 0.1) is 0 Å². The average molecular weight is 539 g/mol. The third-order valence-corrected chi connectivity index (χ3v) is 6.24. The monoisotopic (exact) mass is 538 g/mol. The minimum Gasteiger partial charge on any atom is -0.494 e. The van der Waals surface area contributed by atoms with E-state index < -0.39 is 55.9 Å². The third-order valence-electron chi connectivity index (χ3n) is 6.24. The van der Waals surface area contributed by atoms with Crippen molar-refractivity contribution in [3.05, 3.63) is 41.1 Å². The van der Waals surface area contributed by atoms with Gasteiger partial charge in [-0.25, -0.2) is 0 Å². The van der Waals surface area contributed by atoms with Gasteiger partial charge in [-0.2, -0.15) is 0 Å². The molecule has 0 saturated carbocycles. The molecule has 3 rings (SSSR count). The van der Waals surface area contributed by atoms with E-state index in [1.807, 2.05) is 38.1 Å². The molecule has 6 atom stereocenters. The first-order chi connectivity index (χ1) is 18.2. The predicted molar refractivity (Wildman–Crippen MR) is 135 cm³/mol. The molecule has 0 aliphatic carbocycles. The van der Waals surface area contributed by atoms with Crippen molar-refractivity contribution in [3.8, 4) is 11.6 Å². The number of ether oxygens (including phenoxy) is 3. The van der Waals surface area contributed by atoms with Gasteiger partial charge in [0, 0.05) is 24.2 Å². The van der Waals surface area contributed by atoms with E-state index >= 15 is 0 Å². The molecule has 2 heterocycles. The van der Waals surface area contributed by atoms with E-state index in [4.69, 9.17) is 25.1 Å². The summed E-state index contributed by atoms with van der Waals surface area (Å²) in [5.41, 5.74) is 7.94. The van der Waals surface area contributed by atoms with E-state index in [0.29, 0.717) is 31.7 Å². The third kappa shape index (κ3) is 7.41. The van der Waals surface area contributed by atoms with Crippen LogP contribution in [0.1, 0.15) is 43.0 Å². The van der Waals surface area contributed by atoms with Gasteiger partial charge < -0.3 is 50.8 Å². The lowest BCUT2D eigenvalue weighted by molar-refractivity contribution is -0.278. The second-order valence-electron chi connectivity index (χ2n) is 9.49. The number of carbonyl (C=O) groups excluding carboxylic acids is 1. The van der Waals surface area contributed by atoms with Crippen LogP contribution in [0.2, 0.25) is 0 Å². The van der Waals surface area contributed by atoms with E-state index in [1.54, 1.807) is 0 Å². The minimum atomic E-state index is -1.56. The van der Waals surface area contributed by atoms with Gasteiger partial charge in [-0.1, -0.05) is 26.0 Å². The van der Waals surface area contributed by atoms with Gasteiger partial charge in [-0.3, -0.25) is 9.89 Å². The Morgan fingerprint density at radius 1 is 1.16 bits per heavy atom. The van der Waals surface area contributed by atoms with E-state index in [9.17, 15) is 25.2 Å². The van der Waals surface area contributed by atoms with Gasteiger partial charge in [-0.05, 0) is 30.0 Å². The first kappa shape index (κ1) is 29.8. The molecule has 38 heavy (non-hydrogen) atoms. The summed E-state index contributed by atoms with van der Waals surface area (Å²) < 4.78 is 17.0. The molecule has 1 aliphatic rings. The molecule has 13 heteroatoms. The minimum absolute atomic E-state index is 0.0830. The van der Waals surface area contributed by atoms with Gasteiger partial charge >= 0.3 is 0 Å². The highest BCUT2D eigenvalue weighted by molar-refractivity contribution is 5.81. The Labute approximate surface area is 220 Å². The Kier molecular flexibility index (Phi) is 10.8. The lowest BCUT2D eigenvalue weighted by Gasteiger charge is -2.39. The molecule has 1 amide bonds. The van der Waals surface area contributed by atoms with E-state index in [1.165, 1.54) is 0 Å². The Bertz CT molecular complexity index is 1010. The number of aromatic amines is 1. The maximum absolute atomic E-state index is 11.5. The molecule has 2 aromatic rings. The largest absolute Gasteiger partial charge is 0.494 e. The molecule has 0 bridgehead atoms. The van der Waals surface area contributed by atoms with Crippen LogP contribution < -0.4 is 20.5 Å². The number of benzene rings is 1. The normalized spacial score (nSPS) is 24.3. The zero-order chi connectivity index (χ0) is 27.8. The van der Waals surface area contributed by atoms with Crippen molar-refractivity contribution in [3.63, 3.8) is 0 Å². The molecule has 0 spiro atoms. The van der Waals surface area contributed by atoms with Crippen molar-refractivity contribution in [2.24, 2.45) is 5.73 Å². The quantitative estimate of drug-likeness (QED) is 0.138. The first-order valence-electron chi connectivity index (χ1n) is 12.6. The Morgan fingerprint density at radius 3 is 2.50 bits per heavy atom. The second-order valence-corrected chi connectivity index (χ2v) is 9.49. The van der Waals surface area contributed by atoms with E-state index in [-0.39, 0.29) is 11.8 Å². The number of rotatable bonds is 13. The SMILES string of the molecule is CC(C)c1[nH]nc(O[C@@H]2O[C@H](CO)[C@@H](O)[C@H](O)[C@H]2O)c1Cc1ccc(OCCCNC(=O)[C@@H](N)CO)cc1. The number of hydrogen-bond acceptors (Lipinski definition) is 11. The van der Waals surface area contributed by atoms with Crippen LogP contribution >= 0.6 is 0 Å². The van der Waals surface area contributed by atoms with Crippen LogP contribution in [0.15, 0.2) is 24.3 Å². The summed E-state index contributed by atoms with van der Waals surface area (Å²) in [5, 5.41) is 58.6. The van der Waals surface area contributed by atoms with Crippen LogP contribution in [-0.2, 0) is 16.0 Å². The van der Waals surface area contributed by atoms with Gasteiger partial charge in [0.05, 0.1) is 19.8 Å². The number of aromatic nitrogens is 2. The van der Waals surface area contributed by atoms with Gasteiger partial charge in [-0.15, -0.1) is 5.10 Å². The van der Waals surface area contributed by atoms with E-state index in [2.05, 4.69) is 15.5 Å². The molecule has 13 nitrogen and oxygen atoms in total. The standard InChI is InChI=1S/C25H38N4O9/c1-13(2)19-16(24(29-28-19)38-25-22(34)21(33)20(32)18(12-31)37-25)10-14-4-6-15(7-5-14)36-9-3-8-27-23(35)17(26)11-30/h4-7,13,17-18,20-22,25,30-34H,3,8-12,26H2,1-2H3,(H,27,35)(H,28,29)/t17-,18+,20+,21-,22+,25-/m0/s1. The highest BCUT2D eigenvalue weighted by Crippen LogP contribution is 2.31. The van der Waals surface area contributed by atoms with Crippen molar-refractivity contribution < 1.29 is 44.5 Å². The number of aliphatic hydroxyl groups excluding tert-OH is 5. The highest BCUT2D eigenvalue weighted by atomic mass is 16.7. The van der Waals surface area contributed by atoms with E-state index in [0.717, 1.165) is 16.8 Å². The number of nitrogens with one attached hydrogen (secondary N) is 2. The summed E-state index contributed by atoms with van der Waals surface area (Å²) in [6, 6.07) is 6.50. The van der Waals surface area contributed by atoms with Gasteiger partial charge in [0.25, 0.3) is 0 Å². The Hall–Kier alpha value is -2.78. The molecule has 0 unspecified atom stereocenters. The molecule has 1 saturated heterocycles. The maximum Gasteiger partial charge on any atom is 0.239 e. The smallest absolute Gasteiger partial charge is 0.239 e. The fraction of sp³-hybridized carbons (Fsp3) is 0.600. The molecule has 212 valence electrons. The molecule has 0 radical (unpaired) electrons. The number of nitrogens with two attached hydrogens (primary N) is 1. The number of hydrogen-bond donors (Lipinski definition) is 8. The van der Waals surface area contributed by atoms with Gasteiger partial charge in [0.2, 0.25) is 18.1 Å². The molecule has 1 aliphatic heterocycles. The van der Waals surface area contributed by atoms with Crippen LogP contribution in [-0.4, -0.2) is 105 Å². The van der Waals surface area contributed by atoms with Crippen LogP contribution in [0.3, 0.4) is 0 Å². The topological polar surface area (TPSA) is 213 Å². The van der Waals surface area contributed by atoms with Gasteiger partial charge in [0.1, 0.15) is 36.2 Å².